The maximum Gasteiger partial charge on any atom is 0.337 e. The molecular formula is C18H14ClNO4. The first-order valence-corrected chi connectivity index (χ1v) is 8.46. The summed E-state index contributed by atoms with van der Waals surface area (Å²) in [5, 5.41) is 9.31. The predicted octanol–water partition coefficient (Wildman–Crippen LogP) is 2.60. The number of carbonyl (C=O) groups is 3. The maximum absolute atomic E-state index is 13.0. The molecule has 122 valence electrons. The minimum Gasteiger partial charge on any atom is -0.478 e. The van der Waals surface area contributed by atoms with Crippen molar-refractivity contribution >= 4 is 35.1 Å². The summed E-state index contributed by atoms with van der Waals surface area (Å²) in [6.07, 6.45) is 5.33. The lowest BCUT2D eigenvalue weighted by molar-refractivity contribution is -0.124. The second-order valence-corrected chi connectivity index (χ2v) is 7.54. The molecule has 2 bridgehead atoms. The number of anilines is 1. The number of carboxylic acids is 1. The van der Waals surface area contributed by atoms with Gasteiger partial charge >= 0.3 is 5.97 Å². The lowest BCUT2D eigenvalue weighted by atomic mass is 9.63. The second-order valence-electron chi connectivity index (χ2n) is 7.14. The van der Waals surface area contributed by atoms with Crippen molar-refractivity contribution in [3.05, 3.63) is 40.9 Å². The zero-order valence-corrected chi connectivity index (χ0v) is 13.3. The molecule has 3 fully saturated rings. The lowest BCUT2D eigenvalue weighted by Gasteiger charge is -2.37. The second kappa shape index (κ2) is 4.48. The van der Waals surface area contributed by atoms with E-state index >= 15 is 0 Å². The third-order valence-corrected chi connectivity index (χ3v) is 6.43. The number of aromatic carboxylic acids is 1. The van der Waals surface area contributed by atoms with Gasteiger partial charge in [0.25, 0.3) is 0 Å². The SMILES string of the molecule is O=C(O)c1cc(N2C(=O)[C@@H]3[C@@H]4C=C[C@H]([C@H]5C[C@@H]45)[C@@H]3C2=O)ccc1Cl. The number of halogens is 1. The Morgan fingerprint density at radius 2 is 1.67 bits per heavy atom. The van der Waals surface area contributed by atoms with Crippen molar-refractivity contribution in [2.75, 3.05) is 4.90 Å². The molecule has 0 aromatic heterocycles. The Labute approximate surface area is 142 Å². The number of allylic oxidation sites excluding steroid dienone is 2. The van der Waals surface area contributed by atoms with E-state index in [0.29, 0.717) is 17.5 Å². The molecule has 5 aliphatic rings. The van der Waals surface area contributed by atoms with Crippen LogP contribution >= 0.6 is 11.6 Å². The van der Waals surface area contributed by atoms with Gasteiger partial charge in [0.2, 0.25) is 11.8 Å². The Kier molecular flexibility index (Phi) is 2.65. The number of rotatable bonds is 2. The fourth-order valence-corrected chi connectivity index (χ4v) is 5.23. The summed E-state index contributed by atoms with van der Waals surface area (Å²) in [5.74, 6) is -0.783. The summed E-state index contributed by atoms with van der Waals surface area (Å²) in [4.78, 5) is 38.4. The van der Waals surface area contributed by atoms with E-state index in [0.717, 1.165) is 6.42 Å². The number of amides is 2. The zero-order valence-electron chi connectivity index (χ0n) is 12.6. The monoisotopic (exact) mass is 343 g/mol. The minimum atomic E-state index is -1.18. The average Bonchev–Trinajstić information content (AvgIpc) is 3.33. The van der Waals surface area contributed by atoms with Crippen LogP contribution < -0.4 is 4.90 Å². The molecule has 0 unspecified atom stereocenters. The van der Waals surface area contributed by atoms with E-state index < -0.39 is 5.97 Å². The number of carboxylic acid groups (broad SMARTS) is 1. The minimum absolute atomic E-state index is 0.0886. The Bertz CT molecular complexity index is 811. The Balaban J connectivity index is 1.57. The molecule has 5 nitrogen and oxygen atoms in total. The van der Waals surface area contributed by atoms with Crippen LogP contribution in [0.4, 0.5) is 5.69 Å². The molecule has 2 saturated carbocycles. The summed E-state index contributed by atoms with van der Waals surface area (Å²) in [5.41, 5.74) is 0.197. The highest BCUT2D eigenvalue weighted by Gasteiger charge is 2.67. The highest BCUT2D eigenvalue weighted by atomic mass is 35.5. The normalized spacial score (nSPS) is 38.3. The van der Waals surface area contributed by atoms with Crippen LogP contribution in [0.5, 0.6) is 0 Å². The Morgan fingerprint density at radius 3 is 2.21 bits per heavy atom. The smallest absolute Gasteiger partial charge is 0.337 e. The van der Waals surface area contributed by atoms with Crippen LogP contribution in [-0.2, 0) is 9.59 Å². The largest absolute Gasteiger partial charge is 0.478 e. The van der Waals surface area contributed by atoms with Crippen LogP contribution in [-0.4, -0.2) is 22.9 Å². The van der Waals surface area contributed by atoms with Crippen molar-refractivity contribution in [1.82, 2.24) is 0 Å². The van der Waals surface area contributed by atoms with Crippen molar-refractivity contribution in [2.24, 2.45) is 35.5 Å². The highest BCUT2D eigenvalue weighted by Crippen LogP contribution is 2.65. The summed E-state index contributed by atoms with van der Waals surface area (Å²) in [6.45, 7) is 0. The summed E-state index contributed by atoms with van der Waals surface area (Å²) < 4.78 is 0. The van der Waals surface area contributed by atoms with Gasteiger partial charge in [-0.1, -0.05) is 23.8 Å². The van der Waals surface area contributed by atoms with E-state index in [1.165, 1.54) is 23.1 Å². The fourth-order valence-electron chi connectivity index (χ4n) is 5.03. The van der Waals surface area contributed by atoms with Gasteiger partial charge in [-0.3, -0.25) is 9.59 Å². The van der Waals surface area contributed by atoms with Crippen molar-refractivity contribution in [3.63, 3.8) is 0 Å². The molecule has 0 radical (unpaired) electrons. The van der Waals surface area contributed by atoms with Crippen molar-refractivity contribution in [1.29, 1.82) is 0 Å². The molecule has 0 spiro atoms. The third-order valence-electron chi connectivity index (χ3n) is 6.10. The lowest BCUT2D eigenvalue weighted by Crippen LogP contribution is -2.40. The Morgan fingerprint density at radius 1 is 1.08 bits per heavy atom. The number of imide groups is 1. The quantitative estimate of drug-likeness (QED) is 0.661. The van der Waals surface area contributed by atoms with E-state index in [2.05, 4.69) is 12.2 Å². The number of hydrogen-bond acceptors (Lipinski definition) is 3. The molecule has 1 saturated heterocycles. The van der Waals surface area contributed by atoms with Crippen LogP contribution in [0.1, 0.15) is 16.8 Å². The molecule has 6 atom stereocenters. The van der Waals surface area contributed by atoms with Crippen LogP contribution in [0.25, 0.3) is 0 Å². The molecule has 6 heteroatoms. The standard InChI is InChI=1S/C18H14ClNO4/c19-13-4-1-7(5-12(13)18(23)24)20-16(21)14-8-2-3-9(11-6-10(8)11)15(14)17(20)22/h1-5,8-11,14-15H,6H2,(H,23,24)/t8-,9-,10-,11+,14+,15-/m1/s1. The van der Waals surface area contributed by atoms with E-state index in [9.17, 15) is 19.5 Å². The summed E-state index contributed by atoms with van der Waals surface area (Å²) in [6, 6.07) is 4.28. The molecule has 1 aromatic carbocycles. The van der Waals surface area contributed by atoms with Gasteiger partial charge in [-0.05, 0) is 48.3 Å². The molecule has 1 heterocycles. The van der Waals surface area contributed by atoms with Gasteiger partial charge < -0.3 is 5.11 Å². The van der Waals surface area contributed by atoms with Gasteiger partial charge in [-0.2, -0.15) is 0 Å². The molecule has 1 aromatic rings. The van der Waals surface area contributed by atoms with Crippen LogP contribution in [0, 0.1) is 35.5 Å². The van der Waals surface area contributed by atoms with Crippen molar-refractivity contribution in [2.45, 2.75) is 6.42 Å². The first-order chi connectivity index (χ1) is 11.5. The van der Waals surface area contributed by atoms with E-state index in [1.54, 1.807) is 0 Å². The van der Waals surface area contributed by atoms with Gasteiger partial charge in [0.1, 0.15) is 0 Å². The van der Waals surface area contributed by atoms with Gasteiger partial charge in [0.15, 0.2) is 0 Å². The van der Waals surface area contributed by atoms with Gasteiger partial charge in [0, 0.05) is 0 Å². The fraction of sp³-hybridized carbons (Fsp3) is 0.389. The average molecular weight is 344 g/mol. The highest BCUT2D eigenvalue weighted by molar-refractivity contribution is 6.34. The van der Waals surface area contributed by atoms with Gasteiger partial charge in [0.05, 0.1) is 28.1 Å². The van der Waals surface area contributed by atoms with E-state index in [4.69, 9.17) is 11.6 Å². The number of benzene rings is 1. The first-order valence-electron chi connectivity index (χ1n) is 8.08. The molecule has 1 aliphatic heterocycles. The summed E-state index contributed by atoms with van der Waals surface area (Å²) >= 11 is 5.89. The molecule has 2 amide bonds. The first kappa shape index (κ1) is 14.2. The van der Waals surface area contributed by atoms with Crippen LogP contribution in [0.15, 0.2) is 30.4 Å². The molecule has 24 heavy (non-hydrogen) atoms. The van der Waals surface area contributed by atoms with E-state index in [-0.39, 0.29) is 46.1 Å². The number of carbonyl (C=O) groups excluding carboxylic acids is 2. The van der Waals surface area contributed by atoms with Crippen molar-refractivity contribution < 1.29 is 19.5 Å². The third kappa shape index (κ3) is 1.63. The maximum atomic E-state index is 13.0. The number of hydrogen-bond donors (Lipinski definition) is 1. The molecule has 6 rings (SSSR count). The summed E-state index contributed by atoms with van der Waals surface area (Å²) in [7, 11) is 0. The Hall–Kier alpha value is -2.14. The van der Waals surface area contributed by atoms with Crippen LogP contribution in [0.2, 0.25) is 5.02 Å². The molecular weight excluding hydrogens is 330 g/mol. The van der Waals surface area contributed by atoms with E-state index in [1.807, 2.05) is 0 Å². The predicted molar refractivity (Wildman–Crippen MR) is 85.6 cm³/mol. The van der Waals surface area contributed by atoms with Crippen molar-refractivity contribution in [3.8, 4) is 0 Å². The molecule has 4 aliphatic carbocycles. The topological polar surface area (TPSA) is 74.7 Å². The van der Waals surface area contributed by atoms with Gasteiger partial charge in [-0.25, -0.2) is 9.69 Å². The zero-order chi connectivity index (χ0) is 16.7. The van der Waals surface area contributed by atoms with Crippen LogP contribution in [0.3, 0.4) is 0 Å². The molecule has 1 N–H and O–H groups in total. The number of nitrogens with zero attached hydrogens (tertiary/aromatic N) is 1. The van der Waals surface area contributed by atoms with Gasteiger partial charge in [-0.15, -0.1) is 0 Å².